The number of aliphatic hydroxyl groups excluding tert-OH is 8. The molecule has 1 aliphatic heterocycles. The van der Waals surface area contributed by atoms with Crippen molar-refractivity contribution in [3.8, 4) is 0 Å². The van der Waals surface area contributed by atoms with Gasteiger partial charge in [-0.05, 0) is 0 Å². The first-order chi connectivity index (χ1) is 10.8. The predicted octanol–water partition coefficient (Wildman–Crippen LogP) is -5.55. The smallest absolute Gasteiger partial charge is 0.189 e. The van der Waals surface area contributed by atoms with Crippen molar-refractivity contribution in [2.24, 2.45) is 0 Å². The molecule has 0 aromatic rings. The zero-order valence-electron chi connectivity index (χ0n) is 12.0. The standard InChI is InChI=1S/C12H22O11/c13-1-4(16)7(17)8(18)5(2-14)22-12-11(21)10(20)9(19)6(3-15)23-12/h5-15,17-21H,1-3H2/t5-,6+,7-,8-,9-,10-,11+,12+/m0/s1. The molecule has 1 aliphatic rings. The number of rotatable bonds is 8. The quantitative estimate of drug-likeness (QED) is 0.209. The Balaban J connectivity index is 2.79. The third-order valence-corrected chi connectivity index (χ3v) is 3.53. The largest absolute Gasteiger partial charge is 0.394 e. The average molecular weight is 342 g/mol. The fourth-order valence-electron chi connectivity index (χ4n) is 2.07. The van der Waals surface area contributed by atoms with Crippen molar-refractivity contribution in [1.82, 2.24) is 0 Å². The Morgan fingerprint density at radius 3 is 2.13 bits per heavy atom. The SMILES string of the molecule is O=C(CO)[C@H](O)[C@@H](O)[C@H](CO)O[C@@H]1O[C@H](CO)[C@H](O)[C@H](O)[C@H]1O. The normalized spacial score (nSPS) is 35.6. The number of aliphatic hydroxyl groups is 8. The van der Waals surface area contributed by atoms with Gasteiger partial charge in [-0.2, -0.15) is 0 Å². The molecule has 8 atom stereocenters. The Hall–Kier alpha value is -0.730. The van der Waals surface area contributed by atoms with Gasteiger partial charge in [0.2, 0.25) is 0 Å². The lowest BCUT2D eigenvalue weighted by Gasteiger charge is -2.41. The molecular formula is C12H22O11. The number of carbonyl (C=O) groups is 1. The lowest BCUT2D eigenvalue weighted by molar-refractivity contribution is -0.321. The molecule has 0 aromatic carbocycles. The first-order valence-electron chi connectivity index (χ1n) is 6.85. The Kier molecular flexibility index (Phi) is 7.89. The summed E-state index contributed by atoms with van der Waals surface area (Å²) in [5.41, 5.74) is 0. The van der Waals surface area contributed by atoms with E-state index in [1.807, 2.05) is 0 Å². The summed E-state index contributed by atoms with van der Waals surface area (Å²) in [6.45, 7) is -2.65. The number of Topliss-reactive ketones (excluding diaryl/α,β-unsaturated/α-hetero) is 1. The molecule has 23 heavy (non-hydrogen) atoms. The summed E-state index contributed by atoms with van der Waals surface area (Å²) < 4.78 is 10.0. The van der Waals surface area contributed by atoms with E-state index in [0.717, 1.165) is 0 Å². The molecule has 1 rings (SSSR count). The highest BCUT2D eigenvalue weighted by molar-refractivity contribution is 5.84. The first kappa shape index (κ1) is 20.3. The van der Waals surface area contributed by atoms with Crippen LogP contribution in [0, 0.1) is 0 Å². The van der Waals surface area contributed by atoms with E-state index in [-0.39, 0.29) is 0 Å². The van der Waals surface area contributed by atoms with E-state index < -0.39 is 74.6 Å². The second kappa shape index (κ2) is 8.94. The van der Waals surface area contributed by atoms with Crippen molar-refractivity contribution in [2.45, 2.75) is 49.0 Å². The molecule has 136 valence electrons. The Labute approximate surface area is 130 Å². The highest BCUT2D eigenvalue weighted by Gasteiger charge is 2.46. The van der Waals surface area contributed by atoms with Crippen LogP contribution in [0.5, 0.6) is 0 Å². The number of hydrogen-bond acceptors (Lipinski definition) is 11. The summed E-state index contributed by atoms with van der Waals surface area (Å²) in [5, 5.41) is 75.1. The van der Waals surface area contributed by atoms with Gasteiger partial charge in [-0.25, -0.2) is 0 Å². The molecule has 0 unspecified atom stereocenters. The van der Waals surface area contributed by atoms with Crippen molar-refractivity contribution in [2.75, 3.05) is 19.8 Å². The molecule has 11 heteroatoms. The number of carbonyl (C=O) groups excluding carboxylic acids is 1. The molecule has 1 fully saturated rings. The predicted molar refractivity (Wildman–Crippen MR) is 69.8 cm³/mol. The van der Waals surface area contributed by atoms with Crippen LogP contribution in [0.3, 0.4) is 0 Å². The van der Waals surface area contributed by atoms with Crippen LogP contribution in [0.25, 0.3) is 0 Å². The third kappa shape index (κ3) is 4.64. The van der Waals surface area contributed by atoms with Crippen LogP contribution in [-0.2, 0) is 14.3 Å². The zero-order valence-corrected chi connectivity index (χ0v) is 12.0. The number of ketones is 1. The maximum absolute atomic E-state index is 11.1. The van der Waals surface area contributed by atoms with Crippen LogP contribution in [0.15, 0.2) is 0 Å². The molecule has 0 saturated carbocycles. The highest BCUT2D eigenvalue weighted by Crippen LogP contribution is 2.23. The van der Waals surface area contributed by atoms with E-state index >= 15 is 0 Å². The van der Waals surface area contributed by atoms with Gasteiger partial charge in [0, 0.05) is 0 Å². The summed E-state index contributed by atoms with van der Waals surface area (Å²) in [6, 6.07) is 0. The second-order valence-corrected chi connectivity index (χ2v) is 5.11. The minimum Gasteiger partial charge on any atom is -0.394 e. The number of ether oxygens (including phenoxy) is 2. The molecule has 8 N–H and O–H groups in total. The fraction of sp³-hybridized carbons (Fsp3) is 0.917. The first-order valence-corrected chi connectivity index (χ1v) is 6.85. The lowest BCUT2D eigenvalue weighted by Crippen LogP contribution is -2.61. The zero-order chi connectivity index (χ0) is 17.7. The Morgan fingerprint density at radius 2 is 1.65 bits per heavy atom. The maximum atomic E-state index is 11.1. The monoisotopic (exact) mass is 342 g/mol. The van der Waals surface area contributed by atoms with E-state index in [4.69, 9.17) is 19.7 Å². The van der Waals surface area contributed by atoms with Crippen LogP contribution in [0.2, 0.25) is 0 Å². The molecule has 0 radical (unpaired) electrons. The second-order valence-electron chi connectivity index (χ2n) is 5.11. The summed E-state index contributed by atoms with van der Waals surface area (Å²) in [6.07, 6.45) is -13.7. The van der Waals surface area contributed by atoms with Crippen molar-refractivity contribution < 1.29 is 55.1 Å². The van der Waals surface area contributed by atoms with Gasteiger partial charge < -0.3 is 50.3 Å². The molecule has 0 aromatic heterocycles. The van der Waals surface area contributed by atoms with Crippen molar-refractivity contribution in [3.05, 3.63) is 0 Å². The van der Waals surface area contributed by atoms with Crippen molar-refractivity contribution >= 4 is 5.78 Å². The average Bonchev–Trinajstić information content (AvgIpc) is 2.57. The molecule has 1 heterocycles. The summed E-state index contributed by atoms with van der Waals surface area (Å²) >= 11 is 0. The van der Waals surface area contributed by atoms with E-state index in [0.29, 0.717) is 0 Å². The summed E-state index contributed by atoms with van der Waals surface area (Å²) in [5.74, 6) is -1.12. The third-order valence-electron chi connectivity index (χ3n) is 3.53. The summed E-state index contributed by atoms with van der Waals surface area (Å²) in [4.78, 5) is 11.1. The van der Waals surface area contributed by atoms with Crippen LogP contribution in [0.4, 0.5) is 0 Å². The van der Waals surface area contributed by atoms with E-state index in [2.05, 4.69) is 0 Å². The summed E-state index contributed by atoms with van der Waals surface area (Å²) in [7, 11) is 0. The Bertz CT molecular complexity index is 376. The molecule has 0 spiro atoms. The minimum atomic E-state index is -2.05. The Morgan fingerprint density at radius 1 is 1.04 bits per heavy atom. The van der Waals surface area contributed by atoms with Gasteiger partial charge in [-0.3, -0.25) is 4.79 Å². The van der Waals surface area contributed by atoms with Gasteiger partial charge >= 0.3 is 0 Å². The lowest BCUT2D eigenvalue weighted by atomic mass is 9.99. The highest BCUT2D eigenvalue weighted by atomic mass is 16.7. The number of hydrogen-bond donors (Lipinski definition) is 8. The van der Waals surface area contributed by atoms with E-state index in [1.165, 1.54) is 0 Å². The van der Waals surface area contributed by atoms with Crippen molar-refractivity contribution in [3.63, 3.8) is 0 Å². The van der Waals surface area contributed by atoms with Gasteiger partial charge in [0.05, 0.1) is 13.2 Å². The van der Waals surface area contributed by atoms with Crippen LogP contribution in [-0.4, -0.2) is 115 Å². The van der Waals surface area contributed by atoms with Gasteiger partial charge in [0.15, 0.2) is 12.1 Å². The van der Waals surface area contributed by atoms with Gasteiger partial charge in [-0.1, -0.05) is 0 Å². The molecule has 0 aliphatic carbocycles. The fourth-order valence-corrected chi connectivity index (χ4v) is 2.07. The molecular weight excluding hydrogens is 320 g/mol. The van der Waals surface area contributed by atoms with Crippen molar-refractivity contribution in [1.29, 1.82) is 0 Å². The maximum Gasteiger partial charge on any atom is 0.189 e. The van der Waals surface area contributed by atoms with Crippen LogP contribution >= 0.6 is 0 Å². The van der Waals surface area contributed by atoms with Crippen LogP contribution in [0.1, 0.15) is 0 Å². The van der Waals surface area contributed by atoms with Gasteiger partial charge in [0.1, 0.15) is 49.3 Å². The molecule has 1 saturated heterocycles. The molecule has 0 bridgehead atoms. The molecule has 0 amide bonds. The van der Waals surface area contributed by atoms with Crippen LogP contribution < -0.4 is 0 Å². The topological polar surface area (TPSA) is 197 Å². The van der Waals surface area contributed by atoms with Gasteiger partial charge in [0.25, 0.3) is 0 Å². The molecule has 11 nitrogen and oxygen atoms in total. The van der Waals surface area contributed by atoms with E-state index in [1.54, 1.807) is 0 Å². The van der Waals surface area contributed by atoms with E-state index in [9.17, 15) is 35.4 Å². The van der Waals surface area contributed by atoms with Gasteiger partial charge in [-0.15, -0.1) is 0 Å². The minimum absolute atomic E-state index is 0.706.